The standard InChI is InChI=1S/C9H10ClN3O/c1-9(3-4-9)7(14)12-6-2-5-11-8(10)13-6/h2,5H,3-4H2,1H3,(H,11,12,13,14). The molecule has 0 spiro atoms. The summed E-state index contributed by atoms with van der Waals surface area (Å²) in [4.78, 5) is 19.2. The Bertz CT molecular complexity index is 376. The number of halogens is 1. The number of carbonyl (C=O) groups excluding carboxylic acids is 1. The average molecular weight is 212 g/mol. The molecule has 1 aliphatic carbocycles. The van der Waals surface area contributed by atoms with Gasteiger partial charge in [-0.15, -0.1) is 0 Å². The molecule has 1 saturated carbocycles. The molecule has 14 heavy (non-hydrogen) atoms. The van der Waals surface area contributed by atoms with Gasteiger partial charge in [0.15, 0.2) is 0 Å². The maximum Gasteiger partial charge on any atom is 0.231 e. The molecule has 1 N–H and O–H groups in total. The number of aromatic nitrogens is 2. The Balaban J connectivity index is 2.07. The fourth-order valence-corrected chi connectivity index (χ4v) is 1.23. The van der Waals surface area contributed by atoms with Crippen molar-refractivity contribution in [2.24, 2.45) is 5.41 Å². The number of hydrogen-bond donors (Lipinski definition) is 1. The summed E-state index contributed by atoms with van der Waals surface area (Å²) in [5.74, 6) is 0.468. The summed E-state index contributed by atoms with van der Waals surface area (Å²) in [5.41, 5.74) is -0.197. The molecule has 0 bridgehead atoms. The Hall–Kier alpha value is -1.16. The molecule has 1 aliphatic rings. The van der Waals surface area contributed by atoms with Crippen molar-refractivity contribution in [2.45, 2.75) is 19.8 Å². The van der Waals surface area contributed by atoms with Gasteiger partial charge in [0.05, 0.1) is 0 Å². The first-order valence-electron chi connectivity index (χ1n) is 4.40. The number of rotatable bonds is 2. The maximum absolute atomic E-state index is 11.6. The minimum Gasteiger partial charge on any atom is -0.310 e. The molecule has 4 nitrogen and oxygen atoms in total. The molecular weight excluding hydrogens is 202 g/mol. The summed E-state index contributed by atoms with van der Waals surface area (Å²) < 4.78 is 0. The molecule has 1 heterocycles. The van der Waals surface area contributed by atoms with Crippen LogP contribution in [0.15, 0.2) is 12.3 Å². The van der Waals surface area contributed by atoms with Gasteiger partial charge in [0, 0.05) is 11.6 Å². The van der Waals surface area contributed by atoms with Gasteiger partial charge in [-0.25, -0.2) is 9.97 Å². The molecule has 5 heteroatoms. The monoisotopic (exact) mass is 211 g/mol. The largest absolute Gasteiger partial charge is 0.310 e. The zero-order valence-electron chi connectivity index (χ0n) is 7.75. The van der Waals surface area contributed by atoms with E-state index < -0.39 is 0 Å². The lowest BCUT2D eigenvalue weighted by Crippen LogP contribution is -2.21. The number of hydrogen-bond acceptors (Lipinski definition) is 3. The molecule has 74 valence electrons. The zero-order chi connectivity index (χ0) is 10.2. The molecule has 0 atom stereocenters. The average Bonchev–Trinajstić information content (AvgIpc) is 2.85. The second-order valence-corrected chi connectivity index (χ2v) is 4.06. The van der Waals surface area contributed by atoms with Crippen LogP contribution in [-0.4, -0.2) is 15.9 Å². The van der Waals surface area contributed by atoms with E-state index in [4.69, 9.17) is 11.6 Å². The Morgan fingerprint density at radius 3 is 2.93 bits per heavy atom. The van der Waals surface area contributed by atoms with E-state index in [0.717, 1.165) is 12.8 Å². The summed E-state index contributed by atoms with van der Waals surface area (Å²) in [5, 5.41) is 2.85. The van der Waals surface area contributed by atoms with Crippen molar-refractivity contribution >= 4 is 23.3 Å². The van der Waals surface area contributed by atoms with E-state index in [9.17, 15) is 4.79 Å². The fourth-order valence-electron chi connectivity index (χ4n) is 1.09. The van der Waals surface area contributed by atoms with Crippen molar-refractivity contribution in [3.8, 4) is 0 Å². The van der Waals surface area contributed by atoms with Crippen LogP contribution in [0.2, 0.25) is 5.28 Å². The Labute approximate surface area is 86.7 Å². The van der Waals surface area contributed by atoms with E-state index in [2.05, 4.69) is 15.3 Å². The number of carbonyl (C=O) groups is 1. The molecule has 0 unspecified atom stereocenters. The molecule has 1 fully saturated rings. The number of nitrogens with one attached hydrogen (secondary N) is 1. The van der Waals surface area contributed by atoms with Crippen molar-refractivity contribution in [3.05, 3.63) is 17.5 Å². The van der Waals surface area contributed by atoms with E-state index in [-0.39, 0.29) is 16.6 Å². The van der Waals surface area contributed by atoms with Gasteiger partial charge in [-0.2, -0.15) is 0 Å². The lowest BCUT2D eigenvalue weighted by atomic mass is 10.1. The summed E-state index contributed by atoms with van der Waals surface area (Å²) in [7, 11) is 0. The van der Waals surface area contributed by atoms with Gasteiger partial charge in [0.2, 0.25) is 11.2 Å². The Kier molecular flexibility index (Phi) is 2.15. The molecule has 0 saturated heterocycles. The van der Waals surface area contributed by atoms with Crippen LogP contribution >= 0.6 is 11.6 Å². The van der Waals surface area contributed by atoms with E-state index in [0.29, 0.717) is 5.82 Å². The van der Waals surface area contributed by atoms with Crippen LogP contribution in [0.5, 0.6) is 0 Å². The quantitative estimate of drug-likeness (QED) is 0.760. The molecule has 1 aromatic rings. The molecule has 2 rings (SSSR count). The van der Waals surface area contributed by atoms with Crippen molar-refractivity contribution in [1.29, 1.82) is 0 Å². The van der Waals surface area contributed by atoms with Crippen molar-refractivity contribution in [3.63, 3.8) is 0 Å². The molecule has 0 radical (unpaired) electrons. The van der Waals surface area contributed by atoms with Gasteiger partial charge in [-0.05, 0) is 30.5 Å². The third-order valence-corrected chi connectivity index (χ3v) is 2.60. The predicted molar refractivity (Wildman–Crippen MR) is 53.0 cm³/mol. The van der Waals surface area contributed by atoms with Crippen molar-refractivity contribution < 1.29 is 4.79 Å². The van der Waals surface area contributed by atoms with Crippen LogP contribution in [0.4, 0.5) is 5.82 Å². The normalized spacial score (nSPS) is 17.6. The van der Waals surface area contributed by atoms with E-state index in [1.54, 1.807) is 6.07 Å². The van der Waals surface area contributed by atoms with Crippen LogP contribution in [0.1, 0.15) is 19.8 Å². The molecular formula is C9H10ClN3O. The van der Waals surface area contributed by atoms with Crippen LogP contribution < -0.4 is 5.32 Å². The molecule has 1 aromatic heterocycles. The lowest BCUT2D eigenvalue weighted by Gasteiger charge is -2.08. The smallest absolute Gasteiger partial charge is 0.231 e. The van der Waals surface area contributed by atoms with Gasteiger partial charge >= 0.3 is 0 Å². The first kappa shape index (κ1) is 9.40. The number of anilines is 1. The van der Waals surface area contributed by atoms with E-state index in [1.165, 1.54) is 6.20 Å². The van der Waals surface area contributed by atoms with Gasteiger partial charge in [-0.1, -0.05) is 6.92 Å². The van der Waals surface area contributed by atoms with Gasteiger partial charge in [-0.3, -0.25) is 4.79 Å². The summed E-state index contributed by atoms with van der Waals surface area (Å²) in [6, 6.07) is 1.62. The topological polar surface area (TPSA) is 54.9 Å². The first-order valence-corrected chi connectivity index (χ1v) is 4.78. The van der Waals surface area contributed by atoms with Crippen LogP contribution in [-0.2, 0) is 4.79 Å². The maximum atomic E-state index is 11.6. The predicted octanol–water partition coefficient (Wildman–Crippen LogP) is 1.87. The van der Waals surface area contributed by atoms with Crippen molar-refractivity contribution in [1.82, 2.24) is 9.97 Å². The summed E-state index contributed by atoms with van der Waals surface area (Å²) in [6.45, 7) is 1.94. The molecule has 1 amide bonds. The highest BCUT2D eigenvalue weighted by molar-refractivity contribution is 6.28. The highest BCUT2D eigenvalue weighted by Gasteiger charge is 2.44. The van der Waals surface area contributed by atoms with Crippen LogP contribution in [0, 0.1) is 5.41 Å². The second-order valence-electron chi connectivity index (χ2n) is 3.73. The van der Waals surface area contributed by atoms with Crippen LogP contribution in [0.25, 0.3) is 0 Å². The third-order valence-electron chi connectivity index (χ3n) is 2.42. The van der Waals surface area contributed by atoms with Gasteiger partial charge in [0.1, 0.15) is 5.82 Å². The second kappa shape index (κ2) is 3.20. The molecule has 0 aliphatic heterocycles. The van der Waals surface area contributed by atoms with Gasteiger partial charge < -0.3 is 5.32 Å². The molecule has 0 aromatic carbocycles. The summed E-state index contributed by atoms with van der Waals surface area (Å²) >= 11 is 5.58. The SMILES string of the molecule is CC1(C(=O)Nc2ccnc(Cl)n2)CC1. The summed E-state index contributed by atoms with van der Waals surface area (Å²) in [6.07, 6.45) is 3.40. The van der Waals surface area contributed by atoms with Crippen LogP contribution in [0.3, 0.4) is 0 Å². The zero-order valence-corrected chi connectivity index (χ0v) is 8.51. The minimum atomic E-state index is -0.197. The number of amides is 1. The Morgan fingerprint density at radius 2 is 2.36 bits per heavy atom. The highest BCUT2D eigenvalue weighted by atomic mass is 35.5. The lowest BCUT2D eigenvalue weighted by molar-refractivity contribution is -0.120. The van der Waals surface area contributed by atoms with Crippen molar-refractivity contribution in [2.75, 3.05) is 5.32 Å². The third kappa shape index (κ3) is 1.85. The van der Waals surface area contributed by atoms with Gasteiger partial charge in [0.25, 0.3) is 0 Å². The first-order chi connectivity index (χ1) is 6.60. The van der Waals surface area contributed by atoms with E-state index >= 15 is 0 Å². The highest BCUT2D eigenvalue weighted by Crippen LogP contribution is 2.45. The Morgan fingerprint density at radius 1 is 1.64 bits per heavy atom. The minimum absolute atomic E-state index is 0.00673. The number of nitrogens with zero attached hydrogens (tertiary/aromatic N) is 2. The fraction of sp³-hybridized carbons (Fsp3) is 0.444. The van der Waals surface area contributed by atoms with E-state index in [1.807, 2.05) is 6.92 Å².